The Labute approximate surface area is 59.7 Å². The van der Waals surface area contributed by atoms with Crippen LogP contribution in [0.3, 0.4) is 0 Å². The fourth-order valence-electron chi connectivity index (χ4n) is 0.370. The van der Waals surface area contributed by atoms with E-state index in [0.29, 0.717) is 13.0 Å². The zero-order chi connectivity index (χ0) is 8.04. The summed E-state index contributed by atoms with van der Waals surface area (Å²) in [6.07, 6.45) is 0.507. The number of hydrogen-bond donors (Lipinski definition) is 3. The molecule has 0 aromatic heterocycles. The van der Waals surface area contributed by atoms with Crippen LogP contribution < -0.4 is 15.8 Å². The lowest BCUT2D eigenvalue weighted by Crippen LogP contribution is -2.32. The van der Waals surface area contributed by atoms with Gasteiger partial charge in [-0.3, -0.25) is 0 Å². The van der Waals surface area contributed by atoms with Crippen molar-refractivity contribution in [1.29, 1.82) is 0 Å². The first-order valence-electron chi connectivity index (χ1n) is 2.65. The molecule has 0 saturated carbocycles. The lowest BCUT2D eigenvalue weighted by molar-refractivity contribution is 0.136. The highest BCUT2D eigenvalue weighted by atomic mass is 32.2. The van der Waals surface area contributed by atoms with Crippen molar-refractivity contribution in [3.05, 3.63) is 0 Å². The van der Waals surface area contributed by atoms with Gasteiger partial charge in [0, 0.05) is 6.54 Å². The van der Waals surface area contributed by atoms with Crippen molar-refractivity contribution in [2.75, 3.05) is 13.2 Å². The Morgan fingerprint density at radius 1 is 1.50 bits per heavy atom. The van der Waals surface area contributed by atoms with E-state index in [0.717, 1.165) is 0 Å². The lowest BCUT2D eigenvalue weighted by Gasteiger charge is -1.99. The zero-order valence-electron chi connectivity index (χ0n) is 5.41. The predicted octanol–water partition coefficient (Wildman–Crippen LogP) is -1.94. The molecule has 62 valence electrons. The normalized spacial score (nSPS) is 11.8. The highest BCUT2D eigenvalue weighted by Gasteiger charge is 1.97. The van der Waals surface area contributed by atoms with Gasteiger partial charge in [-0.2, -0.15) is 8.42 Å². The smallest absolute Gasteiger partial charge is 0.274 e. The van der Waals surface area contributed by atoms with E-state index in [1.54, 1.807) is 0 Å². The van der Waals surface area contributed by atoms with Crippen molar-refractivity contribution < 1.29 is 13.3 Å². The maximum absolute atomic E-state index is 10.2. The molecule has 0 saturated heterocycles. The molecule has 0 unspecified atom stereocenters. The van der Waals surface area contributed by atoms with Crippen molar-refractivity contribution in [2.45, 2.75) is 6.42 Å². The van der Waals surface area contributed by atoms with Crippen molar-refractivity contribution in [2.24, 2.45) is 11.0 Å². The zero-order valence-corrected chi connectivity index (χ0v) is 6.23. The summed E-state index contributed by atoms with van der Waals surface area (Å²) < 4.78 is 22.4. The monoisotopic (exact) mass is 169 g/mol. The van der Waals surface area contributed by atoms with Gasteiger partial charge in [0.15, 0.2) is 0 Å². The summed E-state index contributed by atoms with van der Waals surface area (Å²) in [5.74, 6) is 4.67. The molecular weight excluding hydrogens is 158 g/mol. The largest absolute Gasteiger partial charge is 0.305 e. The third-order valence-corrected chi connectivity index (χ3v) is 1.35. The standard InChI is InChI=1S/C3H11N3O3S/c4-9-3-1-2-6-10(5,7)8/h6H,1-4H2,(H2,5,7,8). The van der Waals surface area contributed by atoms with Crippen LogP contribution in [0.4, 0.5) is 0 Å². The SMILES string of the molecule is NOCCCNS(N)(=O)=O. The van der Waals surface area contributed by atoms with Crippen LogP contribution in [-0.4, -0.2) is 21.6 Å². The van der Waals surface area contributed by atoms with Crippen molar-refractivity contribution in [3.8, 4) is 0 Å². The quantitative estimate of drug-likeness (QED) is 0.328. The third-order valence-electron chi connectivity index (χ3n) is 0.742. The molecule has 0 spiro atoms. The van der Waals surface area contributed by atoms with Gasteiger partial charge in [0.05, 0.1) is 6.61 Å². The van der Waals surface area contributed by atoms with Gasteiger partial charge in [-0.15, -0.1) is 0 Å². The van der Waals surface area contributed by atoms with Gasteiger partial charge in [0.2, 0.25) is 0 Å². The van der Waals surface area contributed by atoms with Gasteiger partial charge in [0.25, 0.3) is 10.2 Å². The maximum atomic E-state index is 10.2. The summed E-state index contributed by atoms with van der Waals surface area (Å²) in [7, 11) is -3.55. The Bertz CT molecular complexity index is 166. The first kappa shape index (κ1) is 9.79. The predicted molar refractivity (Wildman–Crippen MR) is 35.9 cm³/mol. The highest BCUT2D eigenvalue weighted by molar-refractivity contribution is 7.87. The second kappa shape index (κ2) is 4.58. The van der Waals surface area contributed by atoms with Crippen LogP contribution in [0.15, 0.2) is 0 Å². The Morgan fingerprint density at radius 3 is 2.50 bits per heavy atom. The van der Waals surface area contributed by atoms with Crippen molar-refractivity contribution >= 4 is 10.2 Å². The molecule has 0 heterocycles. The van der Waals surface area contributed by atoms with E-state index < -0.39 is 10.2 Å². The van der Waals surface area contributed by atoms with Gasteiger partial charge in [-0.1, -0.05) is 0 Å². The van der Waals surface area contributed by atoms with E-state index in [-0.39, 0.29) is 6.54 Å². The minimum absolute atomic E-state index is 0.246. The first-order chi connectivity index (χ1) is 4.56. The average Bonchev–Trinajstić information content (AvgIpc) is 1.78. The van der Waals surface area contributed by atoms with Crippen LogP contribution in [0.2, 0.25) is 0 Å². The number of hydrogen-bond acceptors (Lipinski definition) is 4. The second-order valence-electron chi connectivity index (χ2n) is 1.66. The van der Waals surface area contributed by atoms with Crippen molar-refractivity contribution in [1.82, 2.24) is 4.72 Å². The first-order valence-corrected chi connectivity index (χ1v) is 4.20. The Balaban J connectivity index is 3.21. The van der Waals surface area contributed by atoms with Crippen LogP contribution in [-0.2, 0) is 15.0 Å². The van der Waals surface area contributed by atoms with E-state index >= 15 is 0 Å². The Kier molecular flexibility index (Phi) is 4.49. The molecule has 0 aliphatic carbocycles. The lowest BCUT2D eigenvalue weighted by atomic mass is 10.5. The molecule has 0 fully saturated rings. The van der Waals surface area contributed by atoms with E-state index in [9.17, 15) is 8.42 Å². The number of nitrogens with one attached hydrogen (secondary N) is 1. The van der Waals surface area contributed by atoms with Crippen LogP contribution >= 0.6 is 0 Å². The molecule has 0 atom stereocenters. The fourth-order valence-corrected chi connectivity index (χ4v) is 0.799. The minimum atomic E-state index is -3.55. The molecule has 0 aliphatic heterocycles. The maximum Gasteiger partial charge on any atom is 0.274 e. The van der Waals surface area contributed by atoms with E-state index in [1.165, 1.54) is 0 Å². The summed E-state index contributed by atoms with van der Waals surface area (Å²) in [6.45, 7) is 0.554. The Morgan fingerprint density at radius 2 is 2.10 bits per heavy atom. The van der Waals surface area contributed by atoms with Gasteiger partial charge >= 0.3 is 0 Å². The molecule has 0 amide bonds. The van der Waals surface area contributed by atoms with E-state index in [1.807, 2.05) is 0 Å². The molecule has 0 rings (SSSR count). The number of nitrogens with two attached hydrogens (primary N) is 2. The topological polar surface area (TPSA) is 107 Å². The van der Waals surface area contributed by atoms with Crippen LogP contribution in [0, 0.1) is 0 Å². The molecule has 0 aromatic rings. The Hall–Kier alpha value is -0.210. The summed E-state index contributed by atoms with van der Waals surface area (Å²) in [5.41, 5.74) is 0. The van der Waals surface area contributed by atoms with Crippen molar-refractivity contribution in [3.63, 3.8) is 0 Å². The third kappa shape index (κ3) is 7.79. The molecule has 0 aromatic carbocycles. The molecule has 7 heteroatoms. The molecule has 10 heavy (non-hydrogen) atoms. The van der Waals surface area contributed by atoms with Crippen LogP contribution in [0.1, 0.15) is 6.42 Å². The summed E-state index contributed by atoms with van der Waals surface area (Å²) >= 11 is 0. The van der Waals surface area contributed by atoms with E-state index in [4.69, 9.17) is 0 Å². The molecule has 5 N–H and O–H groups in total. The summed E-state index contributed by atoms with van der Waals surface area (Å²) in [4.78, 5) is 4.18. The van der Waals surface area contributed by atoms with Gasteiger partial charge in [-0.05, 0) is 6.42 Å². The minimum Gasteiger partial charge on any atom is -0.305 e. The molecule has 0 radical (unpaired) electrons. The molecule has 0 bridgehead atoms. The average molecular weight is 169 g/mol. The summed E-state index contributed by atoms with van der Waals surface area (Å²) in [5, 5.41) is 4.61. The highest BCUT2D eigenvalue weighted by Crippen LogP contribution is 1.76. The van der Waals surface area contributed by atoms with Crippen LogP contribution in [0.25, 0.3) is 0 Å². The van der Waals surface area contributed by atoms with E-state index in [2.05, 4.69) is 20.6 Å². The van der Waals surface area contributed by atoms with Crippen LogP contribution in [0.5, 0.6) is 0 Å². The van der Waals surface area contributed by atoms with Gasteiger partial charge in [0.1, 0.15) is 0 Å². The summed E-state index contributed by atoms with van der Waals surface area (Å²) in [6, 6.07) is 0. The molecule has 0 aliphatic rings. The molecule has 6 nitrogen and oxygen atoms in total. The van der Waals surface area contributed by atoms with Gasteiger partial charge in [-0.25, -0.2) is 15.8 Å². The van der Waals surface area contributed by atoms with Gasteiger partial charge < -0.3 is 4.84 Å². The fraction of sp³-hybridized carbons (Fsp3) is 1.00. The molecular formula is C3H11N3O3S. The second-order valence-corrected chi connectivity index (χ2v) is 3.04. The number of rotatable bonds is 5.